The Hall–Kier alpha value is -0.560. The van der Waals surface area contributed by atoms with Gasteiger partial charge in [0.2, 0.25) is 0 Å². The highest BCUT2D eigenvalue weighted by atomic mass is 16.3. The summed E-state index contributed by atoms with van der Waals surface area (Å²) in [5.41, 5.74) is 5.55. The van der Waals surface area contributed by atoms with Crippen LogP contribution in [-0.4, -0.2) is 11.7 Å². The van der Waals surface area contributed by atoms with Crippen LogP contribution in [0.4, 0.5) is 0 Å². The second-order valence-corrected chi connectivity index (χ2v) is 8.63. The summed E-state index contributed by atoms with van der Waals surface area (Å²) in [5, 5.41) is 9.83. The van der Waals surface area contributed by atoms with Crippen LogP contribution in [-0.2, 0) is 0 Å². The van der Waals surface area contributed by atoms with Gasteiger partial charge in [0.05, 0.1) is 6.61 Å². The third kappa shape index (κ3) is 2.42. The van der Waals surface area contributed by atoms with E-state index in [2.05, 4.69) is 33.8 Å². The van der Waals surface area contributed by atoms with Crippen molar-refractivity contribution in [2.45, 2.75) is 72.6 Å². The molecule has 21 heavy (non-hydrogen) atoms. The molecule has 2 bridgehead atoms. The predicted molar refractivity (Wildman–Crippen MR) is 89.1 cm³/mol. The van der Waals surface area contributed by atoms with Gasteiger partial charge in [0, 0.05) is 0 Å². The Labute approximate surface area is 130 Å². The van der Waals surface area contributed by atoms with E-state index < -0.39 is 0 Å². The lowest BCUT2D eigenvalue weighted by Gasteiger charge is -2.52. The van der Waals surface area contributed by atoms with Gasteiger partial charge in [-0.15, -0.1) is 0 Å². The van der Waals surface area contributed by atoms with Crippen LogP contribution in [0.1, 0.15) is 72.6 Å². The molecule has 0 aromatic rings. The third-order valence-corrected chi connectivity index (χ3v) is 7.24. The minimum atomic E-state index is 0.273. The summed E-state index contributed by atoms with van der Waals surface area (Å²) in [6, 6.07) is 0. The summed E-state index contributed by atoms with van der Waals surface area (Å²) < 4.78 is 0. The van der Waals surface area contributed by atoms with Gasteiger partial charge < -0.3 is 5.11 Å². The van der Waals surface area contributed by atoms with E-state index in [1.165, 1.54) is 44.1 Å². The SMILES string of the molecule is CC1=C2CC[C@]3(C)CCC=C(CO)[C@H]3CC(CC1)C2(C)C. The quantitative estimate of drug-likeness (QED) is 0.653. The zero-order chi connectivity index (χ0) is 15.3. The van der Waals surface area contributed by atoms with E-state index in [-0.39, 0.29) is 6.61 Å². The minimum Gasteiger partial charge on any atom is -0.392 e. The van der Waals surface area contributed by atoms with Crippen LogP contribution in [0.2, 0.25) is 0 Å². The lowest BCUT2D eigenvalue weighted by Crippen LogP contribution is -2.41. The first-order valence-electron chi connectivity index (χ1n) is 8.87. The molecule has 0 aromatic heterocycles. The van der Waals surface area contributed by atoms with Crippen LogP contribution in [0.3, 0.4) is 0 Å². The van der Waals surface area contributed by atoms with E-state index in [9.17, 15) is 5.11 Å². The lowest BCUT2D eigenvalue weighted by molar-refractivity contribution is 0.0728. The summed E-state index contributed by atoms with van der Waals surface area (Å²) in [5.74, 6) is 1.40. The Morgan fingerprint density at radius 3 is 2.67 bits per heavy atom. The average molecular weight is 288 g/mol. The molecule has 3 atom stereocenters. The monoisotopic (exact) mass is 288 g/mol. The summed E-state index contributed by atoms with van der Waals surface area (Å²) in [4.78, 5) is 0. The maximum absolute atomic E-state index is 9.83. The van der Waals surface area contributed by atoms with Gasteiger partial charge >= 0.3 is 0 Å². The zero-order valence-electron chi connectivity index (χ0n) is 14.3. The summed E-state index contributed by atoms with van der Waals surface area (Å²) in [7, 11) is 0. The maximum Gasteiger partial charge on any atom is 0.0644 e. The van der Waals surface area contributed by atoms with Crippen molar-refractivity contribution in [3.05, 3.63) is 22.8 Å². The molecule has 0 spiro atoms. The average Bonchev–Trinajstić information content (AvgIpc) is 2.42. The number of fused-ring (bicyclic) bond motifs is 3. The molecule has 3 aliphatic carbocycles. The molecule has 1 heteroatoms. The molecule has 3 rings (SSSR count). The molecular weight excluding hydrogens is 256 g/mol. The van der Waals surface area contributed by atoms with Crippen molar-refractivity contribution >= 4 is 0 Å². The van der Waals surface area contributed by atoms with Crippen molar-refractivity contribution < 1.29 is 5.11 Å². The predicted octanol–water partition coefficient (Wildman–Crippen LogP) is 5.26. The van der Waals surface area contributed by atoms with Crippen molar-refractivity contribution in [3.8, 4) is 0 Å². The number of rotatable bonds is 1. The van der Waals surface area contributed by atoms with E-state index in [1.54, 1.807) is 11.1 Å². The summed E-state index contributed by atoms with van der Waals surface area (Å²) in [6.07, 6.45) is 11.3. The van der Waals surface area contributed by atoms with E-state index >= 15 is 0 Å². The first-order valence-corrected chi connectivity index (χ1v) is 8.87. The second kappa shape index (κ2) is 5.26. The fourth-order valence-electron chi connectivity index (χ4n) is 5.60. The second-order valence-electron chi connectivity index (χ2n) is 8.63. The molecule has 1 unspecified atom stereocenters. The van der Waals surface area contributed by atoms with Gasteiger partial charge in [-0.2, -0.15) is 0 Å². The van der Waals surface area contributed by atoms with Crippen LogP contribution >= 0.6 is 0 Å². The Balaban J connectivity index is 2.00. The van der Waals surface area contributed by atoms with E-state index in [0.717, 1.165) is 12.3 Å². The van der Waals surface area contributed by atoms with Crippen molar-refractivity contribution in [2.24, 2.45) is 22.7 Å². The molecule has 3 aliphatic rings. The highest BCUT2D eigenvalue weighted by Gasteiger charge is 2.46. The highest BCUT2D eigenvalue weighted by Crippen LogP contribution is 2.57. The van der Waals surface area contributed by atoms with Gasteiger partial charge in [-0.25, -0.2) is 0 Å². The molecule has 0 heterocycles. The standard InChI is InChI=1S/C20H32O/c1-14-7-8-16-12-18-15(13-21)6-5-10-20(18,4)11-9-17(14)19(16,2)3/h6,16,18,21H,5,7-13H2,1-4H3/t16?,18-,20+/m1/s1. The zero-order valence-corrected chi connectivity index (χ0v) is 14.3. The normalized spacial score (nSPS) is 39.2. The number of hydrogen-bond acceptors (Lipinski definition) is 1. The molecule has 1 N–H and O–H groups in total. The summed E-state index contributed by atoms with van der Waals surface area (Å²) >= 11 is 0. The molecule has 0 radical (unpaired) electrons. The molecule has 118 valence electrons. The van der Waals surface area contributed by atoms with Crippen LogP contribution < -0.4 is 0 Å². The van der Waals surface area contributed by atoms with Gasteiger partial charge in [-0.05, 0) is 80.1 Å². The number of aliphatic hydroxyl groups is 1. The molecule has 1 fully saturated rings. The van der Waals surface area contributed by atoms with E-state index in [0.29, 0.717) is 16.7 Å². The van der Waals surface area contributed by atoms with Crippen molar-refractivity contribution in [1.29, 1.82) is 0 Å². The topological polar surface area (TPSA) is 20.2 Å². The van der Waals surface area contributed by atoms with Crippen molar-refractivity contribution in [1.82, 2.24) is 0 Å². The van der Waals surface area contributed by atoms with Crippen molar-refractivity contribution in [3.63, 3.8) is 0 Å². The lowest BCUT2D eigenvalue weighted by atomic mass is 9.53. The van der Waals surface area contributed by atoms with Crippen LogP contribution in [0.5, 0.6) is 0 Å². The Morgan fingerprint density at radius 2 is 1.95 bits per heavy atom. The van der Waals surface area contributed by atoms with Crippen LogP contribution in [0.25, 0.3) is 0 Å². The molecule has 1 nitrogen and oxygen atoms in total. The fourth-order valence-corrected chi connectivity index (χ4v) is 5.60. The molecule has 0 amide bonds. The first kappa shape index (κ1) is 15.3. The highest BCUT2D eigenvalue weighted by molar-refractivity contribution is 5.27. The molecular formula is C20H32O. The van der Waals surface area contributed by atoms with Gasteiger partial charge in [-0.1, -0.05) is 38.0 Å². The molecule has 0 aliphatic heterocycles. The maximum atomic E-state index is 9.83. The minimum absolute atomic E-state index is 0.273. The van der Waals surface area contributed by atoms with E-state index in [1.807, 2.05) is 0 Å². The molecule has 0 saturated heterocycles. The largest absolute Gasteiger partial charge is 0.392 e. The van der Waals surface area contributed by atoms with E-state index in [4.69, 9.17) is 0 Å². The van der Waals surface area contributed by atoms with Crippen LogP contribution in [0, 0.1) is 22.7 Å². The third-order valence-electron chi connectivity index (χ3n) is 7.24. The van der Waals surface area contributed by atoms with Gasteiger partial charge in [0.15, 0.2) is 0 Å². The number of allylic oxidation sites excluding steroid dienone is 3. The van der Waals surface area contributed by atoms with Gasteiger partial charge in [0.25, 0.3) is 0 Å². The first-order chi connectivity index (χ1) is 9.88. The van der Waals surface area contributed by atoms with Crippen molar-refractivity contribution in [2.75, 3.05) is 6.61 Å². The smallest absolute Gasteiger partial charge is 0.0644 e. The molecule has 1 saturated carbocycles. The fraction of sp³-hybridized carbons (Fsp3) is 0.800. The van der Waals surface area contributed by atoms with Gasteiger partial charge in [0.1, 0.15) is 0 Å². The van der Waals surface area contributed by atoms with Crippen LogP contribution in [0.15, 0.2) is 22.8 Å². The Bertz CT molecular complexity index is 482. The Kier molecular flexibility index (Phi) is 3.84. The number of hydrogen-bond donors (Lipinski definition) is 1. The summed E-state index contributed by atoms with van der Waals surface area (Å²) in [6.45, 7) is 10.1. The van der Waals surface area contributed by atoms with Gasteiger partial charge in [-0.3, -0.25) is 0 Å². The Morgan fingerprint density at radius 1 is 1.19 bits per heavy atom. The number of aliphatic hydroxyl groups excluding tert-OH is 1. The molecule has 0 aromatic carbocycles.